The predicted molar refractivity (Wildman–Crippen MR) is 46.7 cm³/mol. The van der Waals surface area contributed by atoms with Crippen LogP contribution in [0.5, 0.6) is 0 Å². The van der Waals surface area contributed by atoms with Gasteiger partial charge in [-0.3, -0.25) is 4.79 Å². The lowest BCUT2D eigenvalue weighted by atomic mass is 10.4. The van der Waals surface area contributed by atoms with Crippen LogP contribution in [0.1, 0.15) is 12.8 Å². The Morgan fingerprint density at radius 2 is 1.71 bits per heavy atom. The summed E-state index contributed by atoms with van der Waals surface area (Å²) in [5.74, 6) is -2.31. The Morgan fingerprint density at radius 1 is 1.21 bits per heavy atom. The molecule has 0 aromatic rings. The van der Waals surface area contributed by atoms with E-state index in [0.717, 1.165) is 19.4 Å². The third-order valence-corrected chi connectivity index (χ3v) is 1.27. The van der Waals surface area contributed by atoms with Crippen LogP contribution in [-0.4, -0.2) is 34.6 Å². The highest BCUT2D eigenvalue weighted by molar-refractivity contribution is 5.89. The Labute approximate surface area is 80.2 Å². The molecule has 0 spiro atoms. The average molecular weight is 201 g/mol. The van der Waals surface area contributed by atoms with Gasteiger partial charge in [0.05, 0.1) is 0 Å². The largest absolute Gasteiger partial charge is 0.478 e. The van der Waals surface area contributed by atoms with Gasteiger partial charge in [-0.25, -0.2) is 9.59 Å². The van der Waals surface area contributed by atoms with Crippen LogP contribution in [0, 0.1) is 0 Å². The number of carboxylic acids is 2. The van der Waals surface area contributed by atoms with Gasteiger partial charge in [-0.2, -0.15) is 0 Å². The van der Waals surface area contributed by atoms with Crippen molar-refractivity contribution in [2.24, 2.45) is 0 Å². The number of aliphatic carboxylic acids is 2. The van der Waals surface area contributed by atoms with E-state index in [1.54, 1.807) is 0 Å². The Balaban J connectivity index is 0.000000249. The molecule has 1 rings (SSSR count). The molecule has 0 saturated carbocycles. The minimum absolute atomic E-state index is 0.204. The minimum atomic E-state index is -1.26. The van der Waals surface area contributed by atoms with Crippen LogP contribution in [0.2, 0.25) is 0 Å². The van der Waals surface area contributed by atoms with Crippen molar-refractivity contribution in [1.29, 1.82) is 0 Å². The molecule has 0 radical (unpaired) electrons. The summed E-state index contributed by atoms with van der Waals surface area (Å²) in [5, 5.41) is 18.3. The third kappa shape index (κ3) is 8.25. The van der Waals surface area contributed by atoms with Crippen molar-refractivity contribution in [3.05, 3.63) is 12.2 Å². The summed E-state index contributed by atoms with van der Waals surface area (Å²) in [4.78, 5) is 29.2. The lowest BCUT2D eigenvalue weighted by molar-refractivity contribution is -0.134. The first-order chi connectivity index (χ1) is 6.52. The maximum atomic E-state index is 10.1. The number of hydrogen-bond acceptors (Lipinski definition) is 3. The van der Waals surface area contributed by atoms with Crippen LogP contribution in [0.25, 0.3) is 0 Å². The fraction of sp³-hybridized carbons (Fsp3) is 0.375. The first-order valence-electron chi connectivity index (χ1n) is 3.93. The summed E-state index contributed by atoms with van der Waals surface area (Å²) in [5.41, 5.74) is 0. The molecular formula is C8H11NO5. The molecule has 78 valence electrons. The van der Waals surface area contributed by atoms with Gasteiger partial charge in [0.2, 0.25) is 5.91 Å². The van der Waals surface area contributed by atoms with Crippen molar-refractivity contribution in [3.8, 4) is 0 Å². The lowest BCUT2D eigenvalue weighted by Crippen LogP contribution is -2.12. The summed E-state index contributed by atoms with van der Waals surface area (Å²) in [6, 6.07) is 0. The molecule has 6 nitrogen and oxygen atoms in total. The van der Waals surface area contributed by atoms with E-state index in [9.17, 15) is 14.4 Å². The van der Waals surface area contributed by atoms with Crippen molar-refractivity contribution in [1.82, 2.24) is 5.32 Å². The van der Waals surface area contributed by atoms with Gasteiger partial charge in [-0.05, 0) is 6.42 Å². The highest BCUT2D eigenvalue weighted by atomic mass is 16.4. The van der Waals surface area contributed by atoms with Gasteiger partial charge in [-0.1, -0.05) is 0 Å². The summed E-state index contributed by atoms with van der Waals surface area (Å²) in [6.45, 7) is 0.888. The van der Waals surface area contributed by atoms with Crippen molar-refractivity contribution >= 4 is 17.8 Å². The Bertz CT molecular complexity index is 234. The number of carbonyl (C=O) groups excluding carboxylic acids is 1. The van der Waals surface area contributed by atoms with E-state index in [4.69, 9.17) is 10.2 Å². The van der Waals surface area contributed by atoms with Gasteiger partial charge < -0.3 is 15.5 Å². The zero-order valence-electron chi connectivity index (χ0n) is 7.40. The fourth-order valence-electron chi connectivity index (χ4n) is 0.708. The molecule has 1 aliphatic heterocycles. The SMILES string of the molecule is O=C(O)C=CC(=O)O.O=C1CCCN1. The van der Waals surface area contributed by atoms with E-state index >= 15 is 0 Å². The minimum Gasteiger partial charge on any atom is -0.478 e. The molecule has 0 unspecified atom stereocenters. The number of nitrogens with one attached hydrogen (secondary N) is 1. The third-order valence-electron chi connectivity index (χ3n) is 1.27. The number of amides is 1. The summed E-state index contributed by atoms with van der Waals surface area (Å²) in [6.07, 6.45) is 2.88. The van der Waals surface area contributed by atoms with E-state index in [1.165, 1.54) is 0 Å². The molecule has 1 amide bonds. The van der Waals surface area contributed by atoms with Crippen LogP contribution in [0.3, 0.4) is 0 Å². The highest BCUT2D eigenvalue weighted by Gasteiger charge is 2.05. The van der Waals surface area contributed by atoms with Crippen LogP contribution in [-0.2, 0) is 14.4 Å². The molecule has 1 saturated heterocycles. The molecule has 0 bridgehead atoms. The molecule has 3 N–H and O–H groups in total. The van der Waals surface area contributed by atoms with Gasteiger partial charge in [0, 0.05) is 25.1 Å². The first-order valence-corrected chi connectivity index (χ1v) is 3.93. The normalized spacial score (nSPS) is 14.4. The molecule has 14 heavy (non-hydrogen) atoms. The maximum absolute atomic E-state index is 10.1. The Kier molecular flexibility index (Phi) is 5.77. The molecule has 0 aliphatic carbocycles. The van der Waals surface area contributed by atoms with E-state index in [-0.39, 0.29) is 5.91 Å². The van der Waals surface area contributed by atoms with Crippen LogP contribution >= 0.6 is 0 Å². The molecule has 0 atom stereocenters. The maximum Gasteiger partial charge on any atom is 0.328 e. The number of carboxylic acid groups (broad SMARTS) is 2. The monoisotopic (exact) mass is 201 g/mol. The first kappa shape index (κ1) is 12.2. The average Bonchev–Trinajstić information content (AvgIpc) is 2.53. The number of carbonyl (C=O) groups is 3. The molecular weight excluding hydrogens is 190 g/mol. The molecule has 6 heteroatoms. The van der Waals surface area contributed by atoms with Gasteiger partial charge in [0.1, 0.15) is 0 Å². The number of hydrogen-bond donors (Lipinski definition) is 3. The van der Waals surface area contributed by atoms with Crippen molar-refractivity contribution < 1.29 is 24.6 Å². The molecule has 1 aliphatic rings. The Hall–Kier alpha value is -1.85. The van der Waals surface area contributed by atoms with E-state index in [2.05, 4.69) is 5.32 Å². The highest BCUT2D eigenvalue weighted by Crippen LogP contribution is 1.93. The zero-order valence-corrected chi connectivity index (χ0v) is 7.40. The molecule has 0 aromatic carbocycles. The van der Waals surface area contributed by atoms with Crippen LogP contribution < -0.4 is 5.32 Å². The van der Waals surface area contributed by atoms with Gasteiger partial charge in [-0.15, -0.1) is 0 Å². The summed E-state index contributed by atoms with van der Waals surface area (Å²) in [7, 11) is 0. The van der Waals surface area contributed by atoms with Gasteiger partial charge in [0.15, 0.2) is 0 Å². The second-order valence-electron chi connectivity index (χ2n) is 2.46. The number of rotatable bonds is 2. The summed E-state index contributed by atoms with van der Waals surface area (Å²) >= 11 is 0. The Morgan fingerprint density at radius 3 is 1.86 bits per heavy atom. The summed E-state index contributed by atoms with van der Waals surface area (Å²) < 4.78 is 0. The van der Waals surface area contributed by atoms with E-state index in [1.807, 2.05) is 0 Å². The van der Waals surface area contributed by atoms with Crippen LogP contribution in [0.15, 0.2) is 12.2 Å². The second kappa shape index (κ2) is 6.64. The van der Waals surface area contributed by atoms with E-state index in [0.29, 0.717) is 12.2 Å². The fourth-order valence-corrected chi connectivity index (χ4v) is 0.708. The van der Waals surface area contributed by atoms with Crippen LogP contribution in [0.4, 0.5) is 0 Å². The predicted octanol–water partition coefficient (Wildman–Crippen LogP) is -0.392. The molecule has 1 heterocycles. The van der Waals surface area contributed by atoms with Crippen molar-refractivity contribution in [2.45, 2.75) is 12.8 Å². The van der Waals surface area contributed by atoms with Crippen molar-refractivity contribution in [3.63, 3.8) is 0 Å². The topological polar surface area (TPSA) is 104 Å². The standard InChI is InChI=1S/C4H7NO.C4H4O4/c6-4-2-1-3-5-4;5-3(6)1-2-4(7)8/h1-3H2,(H,5,6);1-2H,(H,5,6)(H,7,8). The van der Waals surface area contributed by atoms with Gasteiger partial charge >= 0.3 is 11.9 Å². The lowest BCUT2D eigenvalue weighted by Gasteiger charge is -1.80. The second-order valence-corrected chi connectivity index (χ2v) is 2.46. The zero-order chi connectivity index (χ0) is 11.0. The van der Waals surface area contributed by atoms with E-state index < -0.39 is 11.9 Å². The molecule has 1 fully saturated rings. The smallest absolute Gasteiger partial charge is 0.328 e. The van der Waals surface area contributed by atoms with Gasteiger partial charge in [0.25, 0.3) is 0 Å². The van der Waals surface area contributed by atoms with Crippen molar-refractivity contribution in [2.75, 3.05) is 6.54 Å². The quantitative estimate of drug-likeness (QED) is 0.528. The molecule has 0 aromatic heterocycles.